The van der Waals surface area contributed by atoms with Crippen molar-refractivity contribution in [1.29, 1.82) is 0 Å². The van der Waals surface area contributed by atoms with Gasteiger partial charge in [-0.25, -0.2) is 0 Å². The number of aryl methyl sites for hydroxylation is 1. The fourth-order valence-electron chi connectivity index (χ4n) is 3.93. The van der Waals surface area contributed by atoms with Crippen LogP contribution in [0.4, 0.5) is 5.69 Å². The van der Waals surface area contributed by atoms with Crippen LogP contribution in [0.5, 0.6) is 0 Å². The highest BCUT2D eigenvalue weighted by molar-refractivity contribution is 6.10. The summed E-state index contributed by atoms with van der Waals surface area (Å²) >= 11 is 0. The van der Waals surface area contributed by atoms with Gasteiger partial charge in [0.05, 0.1) is 6.04 Å². The fourth-order valence-corrected chi connectivity index (χ4v) is 3.93. The van der Waals surface area contributed by atoms with Gasteiger partial charge in [0.15, 0.2) is 5.78 Å². The molecule has 2 heterocycles. The maximum absolute atomic E-state index is 13.0. The number of H-pyrrole nitrogens is 1. The summed E-state index contributed by atoms with van der Waals surface area (Å²) in [5.41, 5.74) is 4.44. The molecule has 0 bridgehead atoms. The summed E-state index contributed by atoms with van der Waals surface area (Å²) in [5, 5.41) is 1.02. The van der Waals surface area contributed by atoms with Crippen molar-refractivity contribution in [3.05, 3.63) is 65.9 Å². The summed E-state index contributed by atoms with van der Waals surface area (Å²) in [5.74, 6) is 0.201. The van der Waals surface area contributed by atoms with E-state index in [0.717, 1.165) is 42.6 Å². The van der Waals surface area contributed by atoms with Gasteiger partial charge in [0.1, 0.15) is 0 Å². The van der Waals surface area contributed by atoms with Crippen molar-refractivity contribution in [2.75, 3.05) is 31.1 Å². The minimum atomic E-state index is -0.103. The number of carbonyl (C=O) groups is 1. The lowest BCUT2D eigenvalue weighted by Crippen LogP contribution is -2.51. The van der Waals surface area contributed by atoms with Gasteiger partial charge in [0.2, 0.25) is 0 Å². The number of rotatable bonds is 4. The predicted molar refractivity (Wildman–Crippen MR) is 107 cm³/mol. The van der Waals surface area contributed by atoms with E-state index in [4.69, 9.17) is 0 Å². The number of Topliss-reactive ketones (excluding diaryl/α,β-unsaturated/α-hetero) is 1. The van der Waals surface area contributed by atoms with E-state index < -0.39 is 0 Å². The Kier molecular flexibility index (Phi) is 4.51. The average molecular weight is 347 g/mol. The first-order chi connectivity index (χ1) is 12.6. The maximum atomic E-state index is 13.0. The van der Waals surface area contributed by atoms with Crippen LogP contribution in [0, 0.1) is 6.92 Å². The van der Waals surface area contributed by atoms with Crippen molar-refractivity contribution in [3.63, 3.8) is 0 Å². The average Bonchev–Trinajstić information content (AvgIpc) is 3.11. The molecule has 1 N–H and O–H groups in total. The molecule has 134 valence electrons. The molecule has 0 saturated carbocycles. The second-order valence-corrected chi connectivity index (χ2v) is 7.10. The Morgan fingerprint density at radius 3 is 2.46 bits per heavy atom. The van der Waals surface area contributed by atoms with E-state index >= 15 is 0 Å². The molecule has 0 radical (unpaired) electrons. The molecule has 1 atom stereocenters. The molecule has 0 amide bonds. The molecule has 1 aliphatic rings. The highest BCUT2D eigenvalue weighted by Gasteiger charge is 2.27. The zero-order chi connectivity index (χ0) is 18.1. The van der Waals surface area contributed by atoms with Gasteiger partial charge in [0.25, 0.3) is 0 Å². The molecule has 1 aromatic heterocycles. The van der Waals surface area contributed by atoms with Crippen molar-refractivity contribution in [3.8, 4) is 0 Å². The van der Waals surface area contributed by atoms with Crippen LogP contribution in [0.25, 0.3) is 10.9 Å². The van der Waals surface area contributed by atoms with Crippen LogP contribution in [0.2, 0.25) is 0 Å². The molecule has 1 aliphatic heterocycles. The molecule has 4 nitrogen and oxygen atoms in total. The minimum absolute atomic E-state index is 0.103. The van der Waals surface area contributed by atoms with Crippen LogP contribution in [0.15, 0.2) is 54.7 Å². The molecule has 2 aromatic carbocycles. The third kappa shape index (κ3) is 3.01. The lowest BCUT2D eigenvalue weighted by atomic mass is 10.0. The van der Waals surface area contributed by atoms with Gasteiger partial charge in [0, 0.05) is 54.5 Å². The molecule has 4 rings (SSSR count). The Hall–Kier alpha value is -2.59. The van der Waals surface area contributed by atoms with E-state index in [2.05, 4.69) is 46.0 Å². The van der Waals surface area contributed by atoms with E-state index in [0.29, 0.717) is 0 Å². The molecule has 0 unspecified atom stereocenters. The zero-order valence-corrected chi connectivity index (χ0v) is 15.4. The fraction of sp³-hybridized carbons (Fsp3) is 0.318. The summed E-state index contributed by atoms with van der Waals surface area (Å²) in [4.78, 5) is 21.0. The van der Waals surface area contributed by atoms with Gasteiger partial charge in [-0.15, -0.1) is 0 Å². The second kappa shape index (κ2) is 6.96. The number of aromatic nitrogens is 1. The van der Waals surface area contributed by atoms with Crippen molar-refractivity contribution in [1.82, 2.24) is 9.88 Å². The first-order valence-corrected chi connectivity index (χ1v) is 9.30. The summed E-state index contributed by atoms with van der Waals surface area (Å²) < 4.78 is 0. The number of hydrogen-bond donors (Lipinski definition) is 1. The SMILES string of the molecule is Cc1ccccc1N1CCN([C@@H](C)C(=O)c2c[nH]c3ccccc23)CC1. The molecule has 3 aromatic rings. The van der Waals surface area contributed by atoms with E-state index in [1.54, 1.807) is 0 Å². The number of aromatic amines is 1. The monoisotopic (exact) mass is 347 g/mol. The zero-order valence-electron chi connectivity index (χ0n) is 15.4. The Balaban J connectivity index is 1.46. The molecule has 1 fully saturated rings. The van der Waals surface area contributed by atoms with Crippen LogP contribution in [-0.2, 0) is 0 Å². The van der Waals surface area contributed by atoms with Crippen molar-refractivity contribution >= 4 is 22.4 Å². The number of nitrogens with zero attached hydrogens (tertiary/aromatic N) is 2. The normalized spacial score (nSPS) is 16.8. The number of hydrogen-bond acceptors (Lipinski definition) is 3. The number of benzene rings is 2. The largest absolute Gasteiger partial charge is 0.369 e. The first kappa shape index (κ1) is 16.9. The number of ketones is 1. The number of nitrogens with one attached hydrogen (secondary N) is 1. The third-order valence-corrected chi connectivity index (χ3v) is 5.55. The van der Waals surface area contributed by atoms with E-state index in [1.165, 1.54) is 11.3 Å². The highest BCUT2D eigenvalue weighted by Crippen LogP contribution is 2.24. The number of piperazine rings is 1. The van der Waals surface area contributed by atoms with Crippen molar-refractivity contribution < 1.29 is 4.79 Å². The van der Waals surface area contributed by atoms with Crippen LogP contribution < -0.4 is 4.90 Å². The Morgan fingerprint density at radius 1 is 1.00 bits per heavy atom. The van der Waals surface area contributed by atoms with Gasteiger partial charge in [-0.3, -0.25) is 9.69 Å². The first-order valence-electron chi connectivity index (χ1n) is 9.30. The topological polar surface area (TPSA) is 39.3 Å². The summed E-state index contributed by atoms with van der Waals surface area (Å²) in [6, 6.07) is 16.4. The van der Waals surface area contributed by atoms with E-state index in [-0.39, 0.29) is 11.8 Å². The third-order valence-electron chi connectivity index (χ3n) is 5.55. The molecular formula is C22H25N3O. The van der Waals surface area contributed by atoms with Gasteiger partial charge in [-0.2, -0.15) is 0 Å². The minimum Gasteiger partial charge on any atom is -0.369 e. The quantitative estimate of drug-likeness (QED) is 0.728. The molecule has 0 spiro atoms. The van der Waals surface area contributed by atoms with Crippen LogP contribution in [-0.4, -0.2) is 47.9 Å². The van der Waals surface area contributed by atoms with Crippen molar-refractivity contribution in [2.45, 2.75) is 19.9 Å². The highest BCUT2D eigenvalue weighted by atomic mass is 16.1. The van der Waals surface area contributed by atoms with Crippen LogP contribution >= 0.6 is 0 Å². The Bertz CT molecular complexity index is 922. The van der Waals surface area contributed by atoms with Crippen LogP contribution in [0.3, 0.4) is 0 Å². The second-order valence-electron chi connectivity index (χ2n) is 7.10. The molecule has 0 aliphatic carbocycles. The molecule has 26 heavy (non-hydrogen) atoms. The number of anilines is 1. The number of fused-ring (bicyclic) bond motifs is 1. The van der Waals surface area contributed by atoms with Crippen LogP contribution in [0.1, 0.15) is 22.8 Å². The van der Waals surface area contributed by atoms with Gasteiger partial charge in [-0.05, 0) is 31.5 Å². The molecule has 1 saturated heterocycles. The summed E-state index contributed by atoms with van der Waals surface area (Å²) in [6.07, 6.45) is 1.85. The van der Waals surface area contributed by atoms with Gasteiger partial charge < -0.3 is 9.88 Å². The lowest BCUT2D eigenvalue weighted by molar-refractivity contribution is 0.0831. The molecule has 4 heteroatoms. The number of para-hydroxylation sites is 2. The van der Waals surface area contributed by atoms with Gasteiger partial charge >= 0.3 is 0 Å². The predicted octanol–water partition coefficient (Wildman–Crippen LogP) is 3.87. The van der Waals surface area contributed by atoms with Gasteiger partial charge in [-0.1, -0.05) is 36.4 Å². The smallest absolute Gasteiger partial charge is 0.181 e. The standard InChI is InChI=1S/C22H25N3O/c1-16-7-3-6-10-21(16)25-13-11-24(12-14-25)17(2)22(26)19-15-23-20-9-5-4-8-18(19)20/h3-10,15,17,23H,11-14H2,1-2H3/t17-/m0/s1. The van der Waals surface area contributed by atoms with E-state index in [9.17, 15) is 4.79 Å². The number of carbonyl (C=O) groups excluding carboxylic acids is 1. The Morgan fingerprint density at radius 2 is 1.69 bits per heavy atom. The maximum Gasteiger partial charge on any atom is 0.181 e. The Labute approximate surface area is 154 Å². The van der Waals surface area contributed by atoms with E-state index in [1.807, 2.05) is 37.4 Å². The lowest BCUT2D eigenvalue weighted by Gasteiger charge is -2.39. The molecular weight excluding hydrogens is 322 g/mol. The van der Waals surface area contributed by atoms with Crippen molar-refractivity contribution in [2.24, 2.45) is 0 Å². The summed E-state index contributed by atoms with van der Waals surface area (Å²) in [6.45, 7) is 7.91. The summed E-state index contributed by atoms with van der Waals surface area (Å²) in [7, 11) is 0.